The predicted molar refractivity (Wildman–Crippen MR) is 77.9 cm³/mol. The van der Waals surface area contributed by atoms with E-state index in [0.717, 1.165) is 12.1 Å². The van der Waals surface area contributed by atoms with E-state index in [9.17, 15) is 22.0 Å². The van der Waals surface area contributed by atoms with Crippen LogP contribution in [0.25, 0.3) is 0 Å². The Balaban J connectivity index is 2.12. The quantitative estimate of drug-likeness (QED) is 0.842. The molecule has 1 saturated heterocycles. The van der Waals surface area contributed by atoms with Gasteiger partial charge in [-0.2, -0.15) is 0 Å². The summed E-state index contributed by atoms with van der Waals surface area (Å²) in [7, 11) is -3.30. The molecular weight excluding hydrogens is 314 g/mol. The monoisotopic (exact) mass is 332 g/mol. The van der Waals surface area contributed by atoms with Crippen molar-refractivity contribution in [2.45, 2.75) is 13.3 Å². The second-order valence-corrected chi connectivity index (χ2v) is 7.33. The molecule has 0 unspecified atom stereocenters. The van der Waals surface area contributed by atoms with Crippen molar-refractivity contribution >= 4 is 15.9 Å². The molecule has 0 aliphatic carbocycles. The van der Waals surface area contributed by atoms with Crippen molar-refractivity contribution in [3.63, 3.8) is 0 Å². The van der Waals surface area contributed by atoms with E-state index < -0.39 is 27.6 Å². The zero-order chi connectivity index (χ0) is 16.3. The Morgan fingerprint density at radius 2 is 1.91 bits per heavy atom. The molecule has 0 N–H and O–H groups in total. The molecule has 1 fully saturated rings. The molecule has 5 nitrogen and oxygen atoms in total. The number of carbonyl (C=O) groups excluding carboxylic acids is 1. The molecule has 0 atom stereocenters. The molecule has 1 aliphatic heterocycles. The van der Waals surface area contributed by atoms with E-state index in [2.05, 4.69) is 0 Å². The van der Waals surface area contributed by atoms with Gasteiger partial charge in [0, 0.05) is 32.2 Å². The normalized spacial score (nSPS) is 17.3. The molecule has 1 aromatic rings. The lowest BCUT2D eigenvalue weighted by molar-refractivity contribution is 0.0759. The lowest BCUT2D eigenvalue weighted by Gasteiger charge is -2.21. The number of carbonyl (C=O) groups is 1. The summed E-state index contributed by atoms with van der Waals surface area (Å²) >= 11 is 0. The summed E-state index contributed by atoms with van der Waals surface area (Å²) in [5, 5.41) is 0. The fourth-order valence-corrected chi connectivity index (χ4v) is 3.52. The minimum atomic E-state index is -3.30. The van der Waals surface area contributed by atoms with Crippen LogP contribution < -0.4 is 0 Å². The number of rotatable bonds is 3. The molecule has 0 spiro atoms. The second kappa shape index (κ2) is 6.70. The fraction of sp³-hybridized carbons (Fsp3) is 0.500. The van der Waals surface area contributed by atoms with Gasteiger partial charge in [-0.15, -0.1) is 0 Å². The first-order valence-corrected chi connectivity index (χ1v) is 8.68. The molecule has 1 amide bonds. The Labute approximate surface area is 128 Å². The Kier molecular flexibility index (Phi) is 5.12. The molecule has 1 heterocycles. The van der Waals surface area contributed by atoms with Crippen molar-refractivity contribution in [2.75, 3.05) is 31.9 Å². The summed E-state index contributed by atoms with van der Waals surface area (Å²) in [5.74, 6) is -2.20. The first kappa shape index (κ1) is 16.8. The van der Waals surface area contributed by atoms with Crippen molar-refractivity contribution in [1.29, 1.82) is 0 Å². The molecule has 2 rings (SSSR count). The number of sulfonamides is 1. The van der Waals surface area contributed by atoms with Crippen molar-refractivity contribution in [1.82, 2.24) is 9.21 Å². The van der Waals surface area contributed by atoms with Gasteiger partial charge in [-0.3, -0.25) is 4.79 Å². The van der Waals surface area contributed by atoms with Gasteiger partial charge in [0.25, 0.3) is 5.91 Å². The summed E-state index contributed by atoms with van der Waals surface area (Å²) in [6.07, 6.45) is 0.480. The summed E-state index contributed by atoms with van der Waals surface area (Å²) in [4.78, 5) is 13.7. The van der Waals surface area contributed by atoms with Gasteiger partial charge in [-0.1, -0.05) is 0 Å². The van der Waals surface area contributed by atoms with E-state index >= 15 is 0 Å². The van der Waals surface area contributed by atoms with Gasteiger partial charge in [-0.05, 0) is 25.5 Å². The van der Waals surface area contributed by atoms with Crippen LogP contribution in [0, 0.1) is 11.6 Å². The zero-order valence-electron chi connectivity index (χ0n) is 12.3. The fourth-order valence-electron chi connectivity index (χ4n) is 2.39. The summed E-state index contributed by atoms with van der Waals surface area (Å²) < 4.78 is 51.7. The zero-order valence-corrected chi connectivity index (χ0v) is 13.1. The number of hydrogen-bond donors (Lipinski definition) is 0. The van der Waals surface area contributed by atoms with Crippen LogP contribution in [0.2, 0.25) is 0 Å². The molecule has 1 aromatic carbocycles. The molecule has 8 heteroatoms. The van der Waals surface area contributed by atoms with E-state index in [4.69, 9.17) is 0 Å². The molecule has 1 aliphatic rings. The lowest BCUT2D eigenvalue weighted by Crippen LogP contribution is -2.38. The summed E-state index contributed by atoms with van der Waals surface area (Å²) in [6.45, 7) is 2.62. The van der Waals surface area contributed by atoms with Gasteiger partial charge < -0.3 is 4.90 Å². The molecule has 0 saturated carbocycles. The molecule has 0 radical (unpaired) electrons. The highest BCUT2D eigenvalue weighted by Gasteiger charge is 2.27. The van der Waals surface area contributed by atoms with Crippen molar-refractivity contribution in [3.05, 3.63) is 35.4 Å². The van der Waals surface area contributed by atoms with Gasteiger partial charge >= 0.3 is 0 Å². The number of benzene rings is 1. The highest BCUT2D eigenvalue weighted by atomic mass is 32.2. The third-order valence-corrected chi connectivity index (χ3v) is 5.54. The van der Waals surface area contributed by atoms with Crippen LogP contribution in [-0.2, 0) is 10.0 Å². The average Bonchev–Trinajstić information content (AvgIpc) is 2.73. The van der Waals surface area contributed by atoms with Gasteiger partial charge in [0.15, 0.2) is 0 Å². The first-order chi connectivity index (χ1) is 10.3. The maximum absolute atomic E-state index is 13.7. The molecule has 122 valence electrons. The van der Waals surface area contributed by atoms with Crippen LogP contribution >= 0.6 is 0 Å². The smallest absolute Gasteiger partial charge is 0.256 e. The topological polar surface area (TPSA) is 57.7 Å². The first-order valence-electron chi connectivity index (χ1n) is 7.07. The number of nitrogens with zero attached hydrogens (tertiary/aromatic N) is 2. The Morgan fingerprint density at radius 3 is 2.55 bits per heavy atom. The highest BCUT2D eigenvalue weighted by molar-refractivity contribution is 7.89. The van der Waals surface area contributed by atoms with Crippen LogP contribution in [0.15, 0.2) is 18.2 Å². The minimum absolute atomic E-state index is 0.00748. The number of hydrogen-bond acceptors (Lipinski definition) is 3. The van der Waals surface area contributed by atoms with Crippen LogP contribution in [-0.4, -0.2) is 55.5 Å². The Morgan fingerprint density at radius 1 is 1.18 bits per heavy atom. The van der Waals surface area contributed by atoms with Crippen molar-refractivity contribution in [3.8, 4) is 0 Å². The van der Waals surface area contributed by atoms with Gasteiger partial charge in [0.2, 0.25) is 10.0 Å². The second-order valence-electron chi connectivity index (χ2n) is 5.07. The summed E-state index contributed by atoms with van der Waals surface area (Å²) in [5.41, 5.74) is -0.201. The number of amides is 1. The Bertz CT molecular complexity index is 664. The van der Waals surface area contributed by atoms with E-state index in [1.54, 1.807) is 6.92 Å². The number of halogens is 2. The van der Waals surface area contributed by atoms with Crippen molar-refractivity contribution < 1.29 is 22.0 Å². The summed E-state index contributed by atoms with van der Waals surface area (Å²) in [6, 6.07) is 2.80. The third kappa shape index (κ3) is 3.61. The van der Waals surface area contributed by atoms with Crippen LogP contribution in [0.4, 0.5) is 8.78 Å². The minimum Gasteiger partial charge on any atom is -0.337 e. The van der Waals surface area contributed by atoms with Crippen LogP contribution in [0.5, 0.6) is 0 Å². The maximum atomic E-state index is 13.7. The van der Waals surface area contributed by atoms with Crippen LogP contribution in [0.3, 0.4) is 0 Å². The average molecular weight is 332 g/mol. The molecule has 0 aromatic heterocycles. The van der Waals surface area contributed by atoms with Gasteiger partial charge in [-0.25, -0.2) is 21.5 Å². The van der Waals surface area contributed by atoms with Crippen LogP contribution in [0.1, 0.15) is 23.7 Å². The largest absolute Gasteiger partial charge is 0.337 e. The van der Waals surface area contributed by atoms with E-state index in [-0.39, 0.29) is 24.4 Å². The standard InChI is InChI=1S/C14H18F2N2O3S/c1-2-22(20,21)18-7-3-6-17(8-9-18)14(19)12-5-4-11(15)10-13(12)16/h4-5,10H,2-3,6-9H2,1H3. The van der Waals surface area contributed by atoms with Gasteiger partial charge in [0.05, 0.1) is 11.3 Å². The van der Waals surface area contributed by atoms with E-state index in [1.165, 1.54) is 9.21 Å². The van der Waals surface area contributed by atoms with Gasteiger partial charge in [0.1, 0.15) is 11.6 Å². The SMILES string of the molecule is CCS(=O)(=O)N1CCCN(C(=O)c2ccc(F)cc2F)CC1. The Hall–Kier alpha value is -1.54. The van der Waals surface area contributed by atoms with Crippen molar-refractivity contribution in [2.24, 2.45) is 0 Å². The third-order valence-electron chi connectivity index (χ3n) is 3.66. The predicted octanol–water partition coefficient (Wildman–Crippen LogP) is 1.46. The van der Waals surface area contributed by atoms with E-state index in [1.807, 2.05) is 0 Å². The maximum Gasteiger partial charge on any atom is 0.256 e. The van der Waals surface area contributed by atoms with E-state index in [0.29, 0.717) is 25.6 Å². The molecule has 0 bridgehead atoms. The molecule has 22 heavy (non-hydrogen) atoms. The molecular formula is C14H18F2N2O3S. The highest BCUT2D eigenvalue weighted by Crippen LogP contribution is 2.15. The lowest BCUT2D eigenvalue weighted by atomic mass is 10.1.